The predicted molar refractivity (Wildman–Crippen MR) is 121 cm³/mol. The third-order valence-corrected chi connectivity index (χ3v) is 5.64. The molecule has 8 heteroatoms. The summed E-state index contributed by atoms with van der Waals surface area (Å²) in [5.74, 6) is -0.760. The first-order valence-corrected chi connectivity index (χ1v) is 11.1. The van der Waals surface area contributed by atoms with Gasteiger partial charge in [-0.25, -0.2) is 4.98 Å². The summed E-state index contributed by atoms with van der Waals surface area (Å²) in [5, 5.41) is 10.3. The molecule has 1 saturated carbocycles. The second-order valence-electron chi connectivity index (χ2n) is 7.17. The molecule has 0 atom stereocenters. The summed E-state index contributed by atoms with van der Waals surface area (Å²) in [6, 6.07) is 7.68. The molecule has 1 aliphatic carbocycles. The molecule has 168 valence electrons. The summed E-state index contributed by atoms with van der Waals surface area (Å²) in [7, 11) is 0. The van der Waals surface area contributed by atoms with Crippen LogP contribution in [0, 0.1) is 0 Å². The molecular weight excluding hydrogens is 428 g/mol. The third kappa shape index (κ3) is 5.76. The van der Waals surface area contributed by atoms with Crippen LogP contribution in [0.4, 0.5) is 0 Å². The largest absolute Gasteiger partial charge is 0.493 e. The summed E-state index contributed by atoms with van der Waals surface area (Å²) in [4.78, 5) is 29.4. The first-order valence-electron chi connectivity index (χ1n) is 12.7. The third-order valence-electron chi connectivity index (χ3n) is 4.81. The number of carbonyl (C=O) groups is 2. The molecule has 1 N–H and O–H groups in total. The number of benzene rings is 1. The van der Waals surface area contributed by atoms with Crippen LogP contribution in [0.5, 0.6) is 5.75 Å². The van der Waals surface area contributed by atoms with Crippen LogP contribution in [-0.4, -0.2) is 39.5 Å². The summed E-state index contributed by atoms with van der Waals surface area (Å²) in [6.07, 6.45) is -1.83. The second kappa shape index (κ2) is 10.5. The Bertz CT molecular complexity index is 1250. The number of unbranched alkanes of at least 4 members (excludes halogenated alkanes) is 2. The van der Waals surface area contributed by atoms with Crippen LogP contribution in [0.1, 0.15) is 60.6 Å². The van der Waals surface area contributed by atoms with Gasteiger partial charge in [-0.1, -0.05) is 18.2 Å². The Morgan fingerprint density at radius 2 is 2.09 bits per heavy atom. The van der Waals surface area contributed by atoms with Gasteiger partial charge in [0.1, 0.15) is 11.4 Å². The number of thiazole rings is 1. The van der Waals surface area contributed by atoms with E-state index in [1.807, 2.05) is 0 Å². The maximum atomic E-state index is 13.6. The zero-order chi connectivity index (χ0) is 26.8. The number of ether oxygens (including phenoxy) is 1. The number of aromatic nitrogens is 1. The number of carbonyl (C=O) groups excluding carboxylic acids is 1. The van der Waals surface area contributed by atoms with E-state index < -0.39 is 30.6 Å². The zero-order valence-electron chi connectivity index (χ0n) is 22.2. The van der Waals surface area contributed by atoms with Gasteiger partial charge in [0.25, 0.3) is 5.91 Å². The van der Waals surface area contributed by atoms with Crippen molar-refractivity contribution >= 4 is 23.2 Å². The van der Waals surface area contributed by atoms with Crippen molar-refractivity contribution in [3.8, 4) is 17.2 Å². The van der Waals surface area contributed by atoms with Crippen LogP contribution in [0.3, 0.4) is 0 Å². The van der Waals surface area contributed by atoms with E-state index in [2.05, 4.69) is 4.98 Å². The van der Waals surface area contributed by atoms with Crippen molar-refractivity contribution in [2.75, 3.05) is 6.61 Å². The van der Waals surface area contributed by atoms with Crippen molar-refractivity contribution in [2.45, 2.75) is 51.0 Å². The van der Waals surface area contributed by atoms with E-state index in [1.54, 1.807) is 41.8 Å². The zero-order valence-corrected chi connectivity index (χ0v) is 18.1. The van der Waals surface area contributed by atoms with Crippen LogP contribution in [0.15, 0.2) is 52.5 Å². The van der Waals surface area contributed by atoms with E-state index in [0.29, 0.717) is 48.6 Å². The van der Waals surface area contributed by atoms with Crippen molar-refractivity contribution in [3.63, 3.8) is 0 Å². The molecule has 1 fully saturated rings. The van der Waals surface area contributed by atoms with Gasteiger partial charge in [0.05, 0.1) is 14.2 Å². The number of amides is 1. The van der Waals surface area contributed by atoms with Gasteiger partial charge < -0.3 is 19.2 Å². The lowest BCUT2D eigenvalue weighted by Gasteiger charge is -2.23. The van der Waals surface area contributed by atoms with Crippen LogP contribution in [0.25, 0.3) is 11.5 Å². The number of para-hydroxylation sites is 1. The van der Waals surface area contributed by atoms with Crippen LogP contribution in [-0.2, 0) is 11.3 Å². The molecule has 1 aromatic carbocycles. The minimum absolute atomic E-state index is 0.0200. The van der Waals surface area contributed by atoms with Crippen LogP contribution < -0.4 is 4.74 Å². The highest BCUT2D eigenvalue weighted by Gasteiger charge is 2.35. The van der Waals surface area contributed by atoms with E-state index in [9.17, 15) is 9.59 Å². The van der Waals surface area contributed by atoms with Crippen molar-refractivity contribution < 1.29 is 30.7 Å². The number of furan rings is 1. The predicted octanol–water partition coefficient (Wildman–Crippen LogP) is 5.23. The van der Waals surface area contributed by atoms with E-state index in [4.69, 9.17) is 21.1 Å². The number of hydrogen-bond acceptors (Lipinski definition) is 6. The fraction of sp³-hybridized carbons (Fsp3) is 0.375. The maximum absolute atomic E-state index is 13.6. The number of rotatable bonds is 12. The fourth-order valence-corrected chi connectivity index (χ4v) is 3.88. The Morgan fingerprint density at radius 3 is 2.84 bits per heavy atom. The molecule has 32 heavy (non-hydrogen) atoms. The molecule has 0 saturated heterocycles. The highest BCUT2D eigenvalue weighted by Crippen LogP contribution is 2.33. The molecule has 2 aromatic heterocycles. The molecule has 1 aliphatic rings. The maximum Gasteiger partial charge on any atom is 0.303 e. The quantitative estimate of drug-likeness (QED) is 0.373. The average molecular weight is 460 g/mol. The van der Waals surface area contributed by atoms with Gasteiger partial charge in [-0.3, -0.25) is 9.59 Å². The van der Waals surface area contributed by atoms with E-state index in [-0.39, 0.29) is 18.0 Å². The van der Waals surface area contributed by atoms with E-state index in [0.717, 1.165) is 16.2 Å². The molecule has 0 unspecified atom stereocenters. The standard InChI is InChI=1S/C24H26N2O5S/c27-22(28)10-2-1-5-13-30-20-8-4-3-7-17(20)15-26(18-11-12-18)24(29)23-25-19(16-32-23)21-9-6-14-31-21/h3-4,6-9,14,16,18H,1-2,5,10-13,15H2,(H,27,28)/i11D2,12D2,18D. The van der Waals surface area contributed by atoms with Crippen molar-refractivity contribution in [2.24, 2.45) is 0 Å². The number of carboxylic acids is 1. The Labute approximate surface area is 197 Å². The van der Waals surface area contributed by atoms with Crippen molar-refractivity contribution in [3.05, 3.63) is 58.6 Å². The van der Waals surface area contributed by atoms with Gasteiger partial charge >= 0.3 is 5.97 Å². The first-order chi connectivity index (χ1) is 17.5. The molecule has 0 bridgehead atoms. The van der Waals surface area contributed by atoms with Gasteiger partial charge in [-0.15, -0.1) is 11.3 Å². The monoisotopic (exact) mass is 459 g/mol. The SMILES string of the molecule is [2H]C1([2H])C([2H])([2H])C1([2H])N(Cc1ccccc1OCCCCCC(=O)O)C(=O)c1nc(-c2ccco2)cs1. The average Bonchev–Trinajstić information content (AvgIpc) is 3.45. The normalized spacial score (nSPS) is 19.6. The van der Waals surface area contributed by atoms with Gasteiger partial charge in [0.2, 0.25) is 0 Å². The molecule has 0 spiro atoms. The lowest BCUT2D eigenvalue weighted by Crippen LogP contribution is -2.32. The van der Waals surface area contributed by atoms with Crippen LogP contribution >= 0.6 is 11.3 Å². The highest BCUT2D eigenvalue weighted by atomic mass is 32.1. The molecule has 3 aromatic rings. The summed E-state index contributed by atoms with van der Waals surface area (Å²) < 4.78 is 52.5. The van der Waals surface area contributed by atoms with Crippen molar-refractivity contribution in [1.29, 1.82) is 0 Å². The summed E-state index contributed by atoms with van der Waals surface area (Å²) in [5.41, 5.74) is 0.889. The smallest absolute Gasteiger partial charge is 0.303 e. The molecule has 7 nitrogen and oxygen atoms in total. The van der Waals surface area contributed by atoms with Gasteiger partial charge in [-0.2, -0.15) is 0 Å². The molecule has 0 radical (unpaired) electrons. The number of carboxylic acid groups (broad SMARTS) is 1. The Balaban J connectivity index is 1.56. The van der Waals surface area contributed by atoms with Crippen molar-refractivity contribution in [1.82, 2.24) is 9.88 Å². The van der Waals surface area contributed by atoms with Gasteiger partial charge in [0, 0.05) is 35.4 Å². The number of hydrogen-bond donors (Lipinski definition) is 1. The molecule has 2 heterocycles. The Morgan fingerprint density at radius 1 is 1.25 bits per heavy atom. The first kappa shape index (κ1) is 16.5. The number of nitrogens with zero attached hydrogens (tertiary/aromatic N) is 2. The highest BCUT2D eigenvalue weighted by molar-refractivity contribution is 7.12. The molecule has 4 rings (SSSR count). The fourth-order valence-electron chi connectivity index (χ4n) is 3.12. The molecule has 1 amide bonds. The topological polar surface area (TPSA) is 92.9 Å². The van der Waals surface area contributed by atoms with Gasteiger partial charge in [-0.05, 0) is 50.2 Å². The van der Waals surface area contributed by atoms with Crippen LogP contribution in [0.2, 0.25) is 0 Å². The minimum Gasteiger partial charge on any atom is -0.493 e. The Hall–Kier alpha value is -3.13. The number of aliphatic carboxylic acids is 1. The molecular formula is C24H26N2O5S. The second-order valence-corrected chi connectivity index (χ2v) is 8.02. The summed E-state index contributed by atoms with van der Waals surface area (Å²) in [6.45, 7) is 0.0312. The van der Waals surface area contributed by atoms with E-state index in [1.165, 1.54) is 6.26 Å². The van der Waals surface area contributed by atoms with E-state index >= 15 is 0 Å². The molecule has 0 aliphatic heterocycles. The van der Waals surface area contributed by atoms with Gasteiger partial charge in [0.15, 0.2) is 10.8 Å². The Kier molecular flexibility index (Phi) is 5.39. The summed E-state index contributed by atoms with van der Waals surface area (Å²) >= 11 is 1.00. The minimum atomic E-state index is -2.60. The lowest BCUT2D eigenvalue weighted by molar-refractivity contribution is -0.137. The lowest BCUT2D eigenvalue weighted by atomic mass is 10.1.